The van der Waals surface area contributed by atoms with Gasteiger partial charge in [0.15, 0.2) is 0 Å². The van der Waals surface area contributed by atoms with E-state index in [1.54, 1.807) is 29.0 Å². The maximum Gasteiger partial charge on any atom is 0.325 e. The van der Waals surface area contributed by atoms with Gasteiger partial charge in [-0.15, -0.1) is 0 Å². The van der Waals surface area contributed by atoms with Crippen molar-refractivity contribution in [3.05, 3.63) is 29.3 Å². The molecule has 0 radical (unpaired) electrons. The molecule has 2 aliphatic rings. The van der Waals surface area contributed by atoms with Gasteiger partial charge in [0, 0.05) is 33.1 Å². The van der Waals surface area contributed by atoms with E-state index < -0.39 is 17.5 Å². The molecular formula is C21H28N4O5. The van der Waals surface area contributed by atoms with Crippen LogP contribution in [0.1, 0.15) is 31.4 Å². The van der Waals surface area contributed by atoms with Crippen LogP contribution in [0, 0.1) is 6.92 Å². The molecule has 2 fully saturated rings. The fraction of sp³-hybridized carbons (Fsp3) is 0.524. The molecule has 9 nitrogen and oxygen atoms in total. The van der Waals surface area contributed by atoms with Gasteiger partial charge in [-0.05, 0) is 36.6 Å². The Bertz CT molecular complexity index is 878. The fourth-order valence-corrected chi connectivity index (χ4v) is 4.06. The lowest BCUT2D eigenvalue weighted by Crippen LogP contribution is -2.53. The van der Waals surface area contributed by atoms with E-state index in [1.807, 2.05) is 19.9 Å². The number of aryl methyl sites for hydroxylation is 1. The molecule has 3 rings (SSSR count). The first-order valence-electron chi connectivity index (χ1n) is 10.1. The summed E-state index contributed by atoms with van der Waals surface area (Å²) >= 11 is 0. The minimum absolute atomic E-state index is 0.0290. The second-order valence-electron chi connectivity index (χ2n) is 7.65. The highest BCUT2D eigenvalue weighted by Crippen LogP contribution is 2.34. The van der Waals surface area contributed by atoms with E-state index in [0.29, 0.717) is 43.9 Å². The van der Waals surface area contributed by atoms with E-state index in [9.17, 15) is 19.2 Å². The van der Waals surface area contributed by atoms with Gasteiger partial charge in [0.25, 0.3) is 5.91 Å². The van der Waals surface area contributed by atoms with Gasteiger partial charge in [0.05, 0.1) is 7.11 Å². The van der Waals surface area contributed by atoms with E-state index in [0.717, 1.165) is 10.5 Å². The van der Waals surface area contributed by atoms with Crippen LogP contribution in [0.25, 0.3) is 0 Å². The third-order valence-electron chi connectivity index (χ3n) is 5.96. The first-order valence-corrected chi connectivity index (χ1v) is 10.1. The lowest BCUT2D eigenvalue weighted by molar-refractivity contribution is -0.142. The number of carbonyl (C=O) groups is 4. The Morgan fingerprint density at radius 3 is 2.30 bits per heavy atom. The van der Waals surface area contributed by atoms with Crippen molar-refractivity contribution in [1.29, 1.82) is 0 Å². The van der Waals surface area contributed by atoms with Crippen LogP contribution < -0.4 is 10.1 Å². The molecule has 0 saturated carbocycles. The first kappa shape index (κ1) is 21.6. The van der Waals surface area contributed by atoms with E-state index in [1.165, 1.54) is 6.92 Å². The van der Waals surface area contributed by atoms with E-state index in [4.69, 9.17) is 4.74 Å². The summed E-state index contributed by atoms with van der Waals surface area (Å²) in [6, 6.07) is 4.78. The second kappa shape index (κ2) is 8.33. The molecule has 5 amide bonds. The summed E-state index contributed by atoms with van der Waals surface area (Å²) in [5, 5.41) is 2.80. The average Bonchev–Trinajstić information content (AvgIpc) is 2.98. The highest BCUT2D eigenvalue weighted by molar-refractivity contribution is 6.09. The number of hydrogen-bond acceptors (Lipinski definition) is 5. The third-order valence-corrected chi connectivity index (χ3v) is 5.96. The zero-order valence-corrected chi connectivity index (χ0v) is 17.9. The van der Waals surface area contributed by atoms with Crippen molar-refractivity contribution in [3.8, 4) is 5.75 Å². The van der Waals surface area contributed by atoms with Crippen LogP contribution in [0.3, 0.4) is 0 Å². The summed E-state index contributed by atoms with van der Waals surface area (Å²) in [5.41, 5.74) is 0.302. The summed E-state index contributed by atoms with van der Waals surface area (Å²) in [4.78, 5) is 54.4. The molecule has 0 aromatic heterocycles. The minimum Gasteiger partial charge on any atom is -0.496 e. The lowest BCUT2D eigenvalue weighted by atomic mass is 9.86. The highest BCUT2D eigenvalue weighted by atomic mass is 16.5. The van der Waals surface area contributed by atoms with Crippen molar-refractivity contribution < 1.29 is 23.9 Å². The van der Waals surface area contributed by atoms with Crippen molar-refractivity contribution in [1.82, 2.24) is 20.0 Å². The number of carbonyl (C=O) groups excluding carboxylic acids is 4. The van der Waals surface area contributed by atoms with Gasteiger partial charge < -0.3 is 19.9 Å². The molecule has 1 unspecified atom stereocenters. The van der Waals surface area contributed by atoms with Crippen molar-refractivity contribution in [2.75, 3.05) is 39.8 Å². The molecule has 0 spiro atoms. The maximum atomic E-state index is 13.3. The van der Waals surface area contributed by atoms with E-state index in [-0.39, 0.29) is 18.4 Å². The lowest BCUT2D eigenvalue weighted by Gasteiger charge is -2.34. The number of amides is 5. The number of rotatable bonds is 5. The Labute approximate surface area is 175 Å². The van der Waals surface area contributed by atoms with Gasteiger partial charge in [-0.2, -0.15) is 0 Å². The van der Waals surface area contributed by atoms with Crippen molar-refractivity contribution >= 4 is 23.8 Å². The number of methoxy groups -OCH3 is 1. The molecule has 2 aliphatic heterocycles. The van der Waals surface area contributed by atoms with Crippen LogP contribution in [-0.4, -0.2) is 78.3 Å². The zero-order valence-electron chi connectivity index (χ0n) is 17.9. The number of ether oxygens (including phenoxy) is 1. The molecule has 1 aromatic carbocycles. The highest BCUT2D eigenvalue weighted by Gasteiger charge is 2.52. The number of hydrogen-bond donors (Lipinski definition) is 1. The van der Waals surface area contributed by atoms with Crippen LogP contribution in [0.2, 0.25) is 0 Å². The summed E-state index contributed by atoms with van der Waals surface area (Å²) < 4.78 is 5.28. The number of nitrogens with zero attached hydrogens (tertiary/aromatic N) is 3. The van der Waals surface area contributed by atoms with Gasteiger partial charge in [-0.25, -0.2) is 4.79 Å². The van der Waals surface area contributed by atoms with Gasteiger partial charge in [0.1, 0.15) is 17.8 Å². The first-order chi connectivity index (χ1) is 14.2. The van der Waals surface area contributed by atoms with Crippen LogP contribution >= 0.6 is 0 Å². The molecule has 1 N–H and O–H groups in total. The van der Waals surface area contributed by atoms with Crippen molar-refractivity contribution in [3.63, 3.8) is 0 Å². The smallest absolute Gasteiger partial charge is 0.325 e. The quantitative estimate of drug-likeness (QED) is 0.718. The molecule has 2 saturated heterocycles. The number of urea groups is 1. The minimum atomic E-state index is -1.21. The standard InChI is InChI=1S/C21H28N4O5/c1-5-21(16-6-7-17(30-4)14(2)12-16)19(28)25(20(29)22-21)13-18(27)24-10-8-23(9-11-24)15(3)26/h6-7,12H,5,8-11,13H2,1-4H3,(H,22,29). The third kappa shape index (κ3) is 3.71. The largest absolute Gasteiger partial charge is 0.496 e. The summed E-state index contributed by atoms with van der Waals surface area (Å²) in [6.07, 6.45) is 0.352. The molecule has 2 heterocycles. The Balaban J connectivity index is 1.76. The molecular weight excluding hydrogens is 388 g/mol. The van der Waals surface area contributed by atoms with Crippen molar-refractivity contribution in [2.24, 2.45) is 0 Å². The number of nitrogens with one attached hydrogen (secondary N) is 1. The summed E-state index contributed by atoms with van der Waals surface area (Å²) in [7, 11) is 1.57. The van der Waals surface area contributed by atoms with Crippen LogP contribution in [-0.2, 0) is 19.9 Å². The van der Waals surface area contributed by atoms with E-state index in [2.05, 4.69) is 5.32 Å². The zero-order chi connectivity index (χ0) is 22.1. The topological polar surface area (TPSA) is 99.3 Å². The van der Waals surface area contributed by atoms with Crippen LogP contribution in [0.4, 0.5) is 4.79 Å². The van der Waals surface area contributed by atoms with E-state index >= 15 is 0 Å². The number of piperazine rings is 1. The molecule has 0 bridgehead atoms. The number of benzene rings is 1. The fourth-order valence-electron chi connectivity index (χ4n) is 4.06. The van der Waals surface area contributed by atoms with Gasteiger partial charge in [-0.3, -0.25) is 19.3 Å². The molecule has 9 heteroatoms. The summed E-state index contributed by atoms with van der Waals surface area (Å²) in [5.74, 6) is -0.0768. The monoisotopic (exact) mass is 416 g/mol. The van der Waals surface area contributed by atoms with Crippen LogP contribution in [0.5, 0.6) is 5.75 Å². The van der Waals surface area contributed by atoms with Crippen molar-refractivity contribution in [2.45, 2.75) is 32.7 Å². The number of imide groups is 1. The molecule has 30 heavy (non-hydrogen) atoms. The Morgan fingerprint density at radius 1 is 1.13 bits per heavy atom. The summed E-state index contributed by atoms with van der Waals surface area (Å²) in [6.45, 7) is 6.55. The Hall–Kier alpha value is -3.10. The van der Waals surface area contributed by atoms with Gasteiger partial charge >= 0.3 is 6.03 Å². The second-order valence-corrected chi connectivity index (χ2v) is 7.65. The predicted octanol–water partition coefficient (Wildman–Crippen LogP) is 0.851. The average molecular weight is 416 g/mol. The molecule has 1 aromatic rings. The maximum absolute atomic E-state index is 13.3. The van der Waals surface area contributed by atoms with Gasteiger partial charge in [0.2, 0.25) is 11.8 Å². The SMILES string of the molecule is CCC1(c2ccc(OC)c(C)c2)NC(=O)N(CC(=O)N2CCN(C(C)=O)CC2)C1=O. The molecule has 162 valence electrons. The Kier molecular flexibility index (Phi) is 6.00. The Morgan fingerprint density at radius 2 is 1.77 bits per heavy atom. The van der Waals surface area contributed by atoms with Gasteiger partial charge in [-0.1, -0.05) is 13.0 Å². The predicted molar refractivity (Wildman–Crippen MR) is 109 cm³/mol. The molecule has 1 atom stereocenters. The normalized spacial score (nSPS) is 21.7. The molecule has 0 aliphatic carbocycles. The van der Waals surface area contributed by atoms with Crippen LogP contribution in [0.15, 0.2) is 18.2 Å².